The van der Waals surface area contributed by atoms with Gasteiger partial charge in [0.05, 0.1) is 0 Å². The fraction of sp³-hybridized carbons (Fsp3) is 0.0909. The van der Waals surface area contributed by atoms with E-state index in [9.17, 15) is 18.1 Å². The summed E-state index contributed by atoms with van der Waals surface area (Å²) in [7, 11) is 0. The van der Waals surface area contributed by atoms with E-state index in [1.165, 1.54) is 23.5 Å². The van der Waals surface area contributed by atoms with Crippen LogP contribution in [-0.4, -0.2) is 12.1 Å². The van der Waals surface area contributed by atoms with Gasteiger partial charge in [-0.1, -0.05) is 30.3 Å². The molecule has 0 saturated heterocycles. The van der Waals surface area contributed by atoms with Gasteiger partial charge in [0.1, 0.15) is 6.10 Å². The van der Waals surface area contributed by atoms with Crippen molar-refractivity contribution in [3.05, 3.63) is 52.2 Å². The molecule has 1 nitrogen and oxygen atoms in total. The van der Waals surface area contributed by atoms with Crippen molar-refractivity contribution < 1.29 is 18.1 Å². The number of benzene rings is 1. The molecule has 1 aromatic heterocycles. The topological polar surface area (TPSA) is 20.2 Å². The lowest BCUT2D eigenvalue weighted by atomic mass is 9.79. The van der Waals surface area contributed by atoms with Gasteiger partial charge in [-0.05, 0) is 17.0 Å². The summed E-state index contributed by atoms with van der Waals surface area (Å²) in [6.07, 6.45) is -0.857. The van der Waals surface area contributed by atoms with Crippen LogP contribution < -0.4 is 5.46 Å². The second-order valence-electron chi connectivity index (χ2n) is 3.66. The fourth-order valence-corrected chi connectivity index (χ4v) is 2.24. The minimum absolute atomic E-state index is 0.469. The van der Waals surface area contributed by atoms with E-state index in [1.54, 1.807) is 12.1 Å². The Morgan fingerprint density at radius 3 is 2.18 bits per heavy atom. The average molecular weight is 257 g/mol. The molecular formula is C11H9BF3OS-. The Kier molecular flexibility index (Phi) is 3.26. The molecule has 0 aliphatic heterocycles. The van der Waals surface area contributed by atoms with Crippen molar-refractivity contribution in [3.63, 3.8) is 0 Å². The third kappa shape index (κ3) is 2.70. The maximum atomic E-state index is 12.4. The van der Waals surface area contributed by atoms with E-state index in [-0.39, 0.29) is 0 Å². The summed E-state index contributed by atoms with van der Waals surface area (Å²) in [6, 6.07) is 8.18. The first-order valence-electron chi connectivity index (χ1n) is 5.00. The van der Waals surface area contributed by atoms with Gasteiger partial charge in [-0.25, -0.2) is 0 Å². The van der Waals surface area contributed by atoms with Crippen molar-refractivity contribution in [3.8, 4) is 0 Å². The molecule has 1 unspecified atom stereocenters. The molecule has 0 radical (unpaired) electrons. The molecule has 0 saturated carbocycles. The van der Waals surface area contributed by atoms with Crippen molar-refractivity contribution >= 4 is 23.8 Å². The van der Waals surface area contributed by atoms with E-state index < -0.39 is 18.5 Å². The van der Waals surface area contributed by atoms with Gasteiger partial charge in [0, 0.05) is 4.88 Å². The molecule has 6 heteroatoms. The minimum Gasteiger partial charge on any atom is -0.445 e. The molecule has 90 valence electrons. The normalized spacial score (nSPS) is 13.6. The molecule has 1 atom stereocenters. The van der Waals surface area contributed by atoms with Gasteiger partial charge in [-0.15, -0.1) is 16.8 Å². The fourth-order valence-electron chi connectivity index (χ4n) is 1.51. The van der Waals surface area contributed by atoms with Crippen molar-refractivity contribution in [2.45, 2.75) is 6.10 Å². The first-order valence-corrected chi connectivity index (χ1v) is 5.88. The first kappa shape index (κ1) is 12.2. The number of thiophene rings is 1. The van der Waals surface area contributed by atoms with Crippen molar-refractivity contribution in [2.75, 3.05) is 0 Å². The largest absolute Gasteiger partial charge is 0.509 e. The molecule has 1 aromatic carbocycles. The van der Waals surface area contributed by atoms with Crippen LogP contribution in [0, 0.1) is 0 Å². The van der Waals surface area contributed by atoms with Crippen LogP contribution in [0.15, 0.2) is 41.8 Å². The lowest BCUT2D eigenvalue weighted by Gasteiger charge is -2.16. The number of rotatable bonds is 3. The molecule has 0 fully saturated rings. The van der Waals surface area contributed by atoms with Gasteiger partial charge >= 0.3 is 6.98 Å². The Hall–Kier alpha value is -1.27. The summed E-state index contributed by atoms with van der Waals surface area (Å²) >= 11 is 1.37. The van der Waals surface area contributed by atoms with Crippen LogP contribution in [0.5, 0.6) is 0 Å². The van der Waals surface area contributed by atoms with Crippen LogP contribution in [-0.2, 0) is 0 Å². The van der Waals surface area contributed by atoms with Crippen LogP contribution in [0.25, 0.3) is 0 Å². The smallest absolute Gasteiger partial charge is 0.445 e. The minimum atomic E-state index is -4.97. The molecule has 1 N–H and O–H groups in total. The third-order valence-corrected chi connectivity index (χ3v) is 3.37. The highest BCUT2D eigenvalue weighted by molar-refractivity contribution is 7.10. The maximum Gasteiger partial charge on any atom is 0.509 e. The van der Waals surface area contributed by atoms with E-state index in [1.807, 2.05) is 5.38 Å². The van der Waals surface area contributed by atoms with Gasteiger partial charge in [0.15, 0.2) is 0 Å². The summed E-state index contributed by atoms with van der Waals surface area (Å²) in [5.74, 6) is 0. The number of aliphatic hydroxyl groups is 1. The molecule has 2 rings (SSSR count). The van der Waals surface area contributed by atoms with E-state index in [4.69, 9.17) is 0 Å². The highest BCUT2D eigenvalue weighted by atomic mass is 32.1. The summed E-state index contributed by atoms with van der Waals surface area (Å²) < 4.78 is 37.2. The Morgan fingerprint density at radius 2 is 1.71 bits per heavy atom. The molecule has 0 bridgehead atoms. The summed E-state index contributed by atoms with van der Waals surface area (Å²) in [6.45, 7) is -4.97. The predicted molar refractivity (Wildman–Crippen MR) is 63.5 cm³/mol. The van der Waals surface area contributed by atoms with Crippen LogP contribution in [0.1, 0.15) is 16.5 Å². The summed E-state index contributed by atoms with van der Waals surface area (Å²) in [5.41, 5.74) is -0.177. The van der Waals surface area contributed by atoms with Crippen molar-refractivity contribution in [2.24, 2.45) is 0 Å². The molecule has 2 aromatic rings. The molecule has 17 heavy (non-hydrogen) atoms. The third-order valence-electron chi connectivity index (χ3n) is 2.44. The van der Waals surface area contributed by atoms with Crippen LogP contribution in [0.3, 0.4) is 0 Å². The Morgan fingerprint density at radius 1 is 1.06 bits per heavy atom. The standard InChI is InChI=1S/C11H9BF3OS/c13-12(14,15)9-5-3-8(4-6-9)11(16)10-2-1-7-17-10/h1-7,11,16H/q-1. The molecule has 0 aliphatic carbocycles. The second-order valence-corrected chi connectivity index (χ2v) is 4.64. The molecule has 0 aliphatic rings. The number of hydrogen-bond acceptors (Lipinski definition) is 2. The zero-order valence-corrected chi connectivity index (χ0v) is 9.50. The summed E-state index contributed by atoms with van der Waals surface area (Å²) in [4.78, 5) is 0.718. The maximum absolute atomic E-state index is 12.4. The second kappa shape index (κ2) is 4.54. The van der Waals surface area contributed by atoms with Gasteiger partial charge in [0.25, 0.3) is 0 Å². The number of halogens is 3. The Labute approximate surface area is 101 Å². The zero-order valence-electron chi connectivity index (χ0n) is 8.69. The van der Waals surface area contributed by atoms with E-state index in [0.29, 0.717) is 5.56 Å². The number of hydrogen-bond donors (Lipinski definition) is 1. The average Bonchev–Trinajstić information content (AvgIpc) is 2.80. The molecule has 0 spiro atoms. The van der Waals surface area contributed by atoms with Crippen LogP contribution in [0.4, 0.5) is 12.9 Å². The van der Waals surface area contributed by atoms with Gasteiger partial charge in [0.2, 0.25) is 0 Å². The zero-order chi connectivity index (χ0) is 12.5. The van der Waals surface area contributed by atoms with Crippen molar-refractivity contribution in [1.29, 1.82) is 0 Å². The first-order chi connectivity index (χ1) is 7.98. The van der Waals surface area contributed by atoms with E-state index in [2.05, 4.69) is 0 Å². The molecular weight excluding hydrogens is 248 g/mol. The van der Waals surface area contributed by atoms with Crippen molar-refractivity contribution in [1.82, 2.24) is 0 Å². The quantitative estimate of drug-likeness (QED) is 0.838. The summed E-state index contributed by atoms with van der Waals surface area (Å²) in [5, 5.41) is 11.7. The van der Waals surface area contributed by atoms with E-state index >= 15 is 0 Å². The monoisotopic (exact) mass is 257 g/mol. The lowest BCUT2D eigenvalue weighted by Crippen LogP contribution is -2.33. The SMILES string of the molecule is OC(c1ccc([B-](F)(F)F)cc1)c1cccs1. The Balaban J connectivity index is 2.24. The highest BCUT2D eigenvalue weighted by Crippen LogP contribution is 2.25. The van der Waals surface area contributed by atoms with Crippen LogP contribution >= 0.6 is 11.3 Å². The van der Waals surface area contributed by atoms with Gasteiger partial charge in [-0.3, -0.25) is 0 Å². The lowest BCUT2D eigenvalue weighted by molar-refractivity contribution is 0.224. The molecule has 1 heterocycles. The highest BCUT2D eigenvalue weighted by Gasteiger charge is 2.25. The molecule has 0 amide bonds. The van der Waals surface area contributed by atoms with E-state index in [0.717, 1.165) is 17.0 Å². The predicted octanol–water partition coefficient (Wildman–Crippen LogP) is 2.88. The Bertz CT molecular complexity index is 478. The number of aliphatic hydroxyl groups excluding tert-OH is 1. The van der Waals surface area contributed by atoms with Gasteiger partial charge in [-0.2, -0.15) is 0 Å². The van der Waals surface area contributed by atoms with Crippen LogP contribution in [0.2, 0.25) is 0 Å². The van der Waals surface area contributed by atoms with Gasteiger partial charge < -0.3 is 18.1 Å².